The Bertz CT molecular complexity index is 550. The molecular formula is C18H26N2O. The van der Waals surface area contributed by atoms with Crippen molar-refractivity contribution in [3.8, 4) is 0 Å². The van der Waals surface area contributed by atoms with Crippen LogP contribution in [0.5, 0.6) is 0 Å². The van der Waals surface area contributed by atoms with Crippen molar-refractivity contribution in [2.24, 2.45) is 11.3 Å². The van der Waals surface area contributed by atoms with E-state index in [0.29, 0.717) is 5.91 Å². The highest BCUT2D eigenvalue weighted by atomic mass is 16.2. The van der Waals surface area contributed by atoms with Crippen LogP contribution in [0, 0.1) is 11.3 Å². The topological polar surface area (TPSA) is 46.3 Å². The van der Waals surface area contributed by atoms with Gasteiger partial charge in [-0.3, -0.25) is 4.79 Å². The van der Waals surface area contributed by atoms with Crippen LogP contribution in [-0.4, -0.2) is 17.4 Å². The van der Waals surface area contributed by atoms with Gasteiger partial charge in [0.15, 0.2) is 0 Å². The number of anilines is 1. The van der Waals surface area contributed by atoms with Gasteiger partial charge in [0.2, 0.25) is 5.91 Å². The fourth-order valence-corrected chi connectivity index (χ4v) is 4.00. The smallest absolute Gasteiger partial charge is 0.226 e. The lowest BCUT2D eigenvalue weighted by atomic mass is 9.68. The Morgan fingerprint density at radius 2 is 2.14 bits per heavy atom. The molecule has 1 saturated carbocycles. The zero-order chi connectivity index (χ0) is 15.0. The summed E-state index contributed by atoms with van der Waals surface area (Å²) in [4.78, 5) is 15.0. The minimum Gasteiger partial charge on any atom is -0.398 e. The lowest BCUT2D eigenvalue weighted by Crippen LogP contribution is -2.45. The third-order valence-electron chi connectivity index (χ3n) is 5.42. The van der Waals surface area contributed by atoms with Gasteiger partial charge in [0.05, 0.1) is 0 Å². The van der Waals surface area contributed by atoms with Crippen molar-refractivity contribution in [1.82, 2.24) is 4.90 Å². The van der Waals surface area contributed by atoms with Crippen molar-refractivity contribution in [3.63, 3.8) is 0 Å². The number of rotatable bonds is 1. The maximum absolute atomic E-state index is 13.0. The predicted octanol–water partition coefficient (Wildman–Crippen LogP) is 3.37. The quantitative estimate of drug-likeness (QED) is 0.805. The van der Waals surface area contributed by atoms with Crippen LogP contribution in [0.1, 0.15) is 50.7 Å². The van der Waals surface area contributed by atoms with E-state index in [-0.39, 0.29) is 11.3 Å². The van der Waals surface area contributed by atoms with Crippen LogP contribution in [0.3, 0.4) is 0 Å². The largest absolute Gasteiger partial charge is 0.398 e. The highest BCUT2D eigenvalue weighted by molar-refractivity contribution is 5.80. The lowest BCUT2D eigenvalue weighted by Gasteiger charge is -2.41. The molecule has 1 heterocycles. The standard InChI is InChI=1S/C18H26N2O/c1-18(2)10-4-3-7-15(18)17(21)20-11-9-14-13(12-20)6-5-8-16(14)19/h5-6,8,15H,3-4,7,9-12,19H2,1-2H3. The molecule has 1 aliphatic heterocycles. The van der Waals surface area contributed by atoms with Crippen LogP contribution in [0.15, 0.2) is 18.2 Å². The first-order chi connectivity index (χ1) is 9.99. The molecule has 0 saturated heterocycles. The summed E-state index contributed by atoms with van der Waals surface area (Å²) < 4.78 is 0. The van der Waals surface area contributed by atoms with Gasteiger partial charge < -0.3 is 10.6 Å². The van der Waals surface area contributed by atoms with Gasteiger partial charge >= 0.3 is 0 Å². The Kier molecular flexibility index (Phi) is 3.68. The average Bonchev–Trinajstić information content (AvgIpc) is 2.46. The highest BCUT2D eigenvalue weighted by Gasteiger charge is 2.39. The van der Waals surface area contributed by atoms with Crippen molar-refractivity contribution >= 4 is 11.6 Å². The summed E-state index contributed by atoms with van der Waals surface area (Å²) in [5.41, 5.74) is 9.53. The Balaban J connectivity index is 1.78. The summed E-state index contributed by atoms with van der Waals surface area (Å²) in [7, 11) is 0. The summed E-state index contributed by atoms with van der Waals surface area (Å²) in [5, 5.41) is 0. The molecule has 1 unspecified atom stereocenters. The second-order valence-corrected chi connectivity index (χ2v) is 7.28. The van der Waals surface area contributed by atoms with E-state index in [4.69, 9.17) is 5.73 Å². The highest BCUT2D eigenvalue weighted by Crippen LogP contribution is 2.42. The van der Waals surface area contributed by atoms with Gasteiger partial charge in [0.25, 0.3) is 0 Å². The fraction of sp³-hybridized carbons (Fsp3) is 0.611. The van der Waals surface area contributed by atoms with Crippen molar-refractivity contribution in [3.05, 3.63) is 29.3 Å². The Morgan fingerprint density at radius 3 is 2.90 bits per heavy atom. The summed E-state index contributed by atoms with van der Waals surface area (Å²) in [6, 6.07) is 6.06. The Labute approximate surface area is 127 Å². The van der Waals surface area contributed by atoms with Gasteiger partial charge in [-0.2, -0.15) is 0 Å². The van der Waals surface area contributed by atoms with E-state index in [1.54, 1.807) is 0 Å². The van der Waals surface area contributed by atoms with E-state index < -0.39 is 0 Å². The number of carbonyl (C=O) groups excluding carboxylic acids is 1. The molecular weight excluding hydrogens is 260 g/mol. The second-order valence-electron chi connectivity index (χ2n) is 7.28. The molecule has 1 amide bonds. The van der Waals surface area contributed by atoms with Crippen LogP contribution >= 0.6 is 0 Å². The predicted molar refractivity (Wildman–Crippen MR) is 85.7 cm³/mol. The van der Waals surface area contributed by atoms with Crippen LogP contribution in [0.4, 0.5) is 5.69 Å². The van der Waals surface area contributed by atoms with Crippen LogP contribution in [0.25, 0.3) is 0 Å². The average molecular weight is 286 g/mol. The van der Waals surface area contributed by atoms with Gasteiger partial charge in [-0.25, -0.2) is 0 Å². The van der Waals surface area contributed by atoms with Crippen LogP contribution in [0.2, 0.25) is 0 Å². The number of hydrogen-bond acceptors (Lipinski definition) is 2. The van der Waals surface area contributed by atoms with E-state index in [2.05, 4.69) is 24.8 Å². The summed E-state index contributed by atoms with van der Waals surface area (Å²) in [5.74, 6) is 0.543. The zero-order valence-electron chi connectivity index (χ0n) is 13.2. The Hall–Kier alpha value is -1.51. The number of benzene rings is 1. The molecule has 1 aromatic carbocycles. The third-order valence-corrected chi connectivity index (χ3v) is 5.42. The first-order valence-corrected chi connectivity index (χ1v) is 8.14. The van der Waals surface area contributed by atoms with E-state index in [0.717, 1.165) is 31.6 Å². The number of nitrogens with zero attached hydrogens (tertiary/aromatic N) is 1. The van der Waals surface area contributed by atoms with Crippen molar-refractivity contribution in [2.45, 2.75) is 52.5 Å². The van der Waals surface area contributed by atoms with Gasteiger partial charge in [-0.05, 0) is 41.9 Å². The molecule has 2 aliphatic rings. The third kappa shape index (κ3) is 2.66. The summed E-state index contributed by atoms with van der Waals surface area (Å²) in [6.45, 7) is 6.05. The van der Waals surface area contributed by atoms with Crippen molar-refractivity contribution < 1.29 is 4.79 Å². The molecule has 2 N–H and O–H groups in total. The molecule has 1 atom stereocenters. The fourth-order valence-electron chi connectivity index (χ4n) is 4.00. The van der Waals surface area contributed by atoms with Crippen molar-refractivity contribution in [1.29, 1.82) is 0 Å². The number of fused-ring (bicyclic) bond motifs is 1. The number of amides is 1. The summed E-state index contributed by atoms with van der Waals surface area (Å²) in [6.07, 6.45) is 5.56. The number of carbonyl (C=O) groups is 1. The monoisotopic (exact) mass is 286 g/mol. The first kappa shape index (κ1) is 14.4. The molecule has 1 fully saturated rings. The van der Waals surface area contributed by atoms with E-state index in [9.17, 15) is 4.79 Å². The Morgan fingerprint density at radius 1 is 1.33 bits per heavy atom. The molecule has 1 aliphatic carbocycles. The number of hydrogen-bond donors (Lipinski definition) is 1. The van der Waals surface area contributed by atoms with E-state index in [1.165, 1.54) is 30.4 Å². The molecule has 0 radical (unpaired) electrons. The van der Waals surface area contributed by atoms with Crippen LogP contribution in [-0.2, 0) is 17.8 Å². The van der Waals surface area contributed by atoms with Crippen LogP contribution < -0.4 is 5.73 Å². The molecule has 0 aromatic heterocycles. The second kappa shape index (κ2) is 5.36. The zero-order valence-corrected chi connectivity index (χ0v) is 13.2. The lowest BCUT2D eigenvalue weighted by molar-refractivity contribution is -0.142. The molecule has 0 spiro atoms. The number of nitrogen functional groups attached to an aromatic ring is 1. The minimum atomic E-state index is 0.144. The SMILES string of the molecule is CC1(C)CCCCC1C(=O)N1CCc2c(N)cccc2C1. The maximum atomic E-state index is 13.0. The summed E-state index contributed by atoms with van der Waals surface area (Å²) >= 11 is 0. The molecule has 3 rings (SSSR count). The minimum absolute atomic E-state index is 0.144. The van der Waals surface area contributed by atoms with Crippen molar-refractivity contribution in [2.75, 3.05) is 12.3 Å². The van der Waals surface area contributed by atoms with Gasteiger partial charge in [0, 0.05) is 24.7 Å². The number of nitrogens with two attached hydrogens (primary N) is 1. The van der Waals surface area contributed by atoms with Gasteiger partial charge in [0.1, 0.15) is 0 Å². The van der Waals surface area contributed by atoms with Gasteiger partial charge in [-0.1, -0.05) is 38.8 Å². The molecule has 3 nitrogen and oxygen atoms in total. The molecule has 114 valence electrons. The molecule has 21 heavy (non-hydrogen) atoms. The van der Waals surface area contributed by atoms with Gasteiger partial charge in [-0.15, -0.1) is 0 Å². The first-order valence-electron chi connectivity index (χ1n) is 8.14. The normalized spacial score (nSPS) is 24.5. The molecule has 0 bridgehead atoms. The van der Waals surface area contributed by atoms with E-state index >= 15 is 0 Å². The molecule has 3 heteroatoms. The molecule has 1 aromatic rings. The van der Waals surface area contributed by atoms with E-state index in [1.807, 2.05) is 12.1 Å². The maximum Gasteiger partial charge on any atom is 0.226 e.